The van der Waals surface area contributed by atoms with Crippen molar-refractivity contribution in [3.63, 3.8) is 0 Å². The van der Waals surface area contributed by atoms with Crippen molar-refractivity contribution in [3.05, 3.63) is 29.8 Å². The van der Waals surface area contributed by atoms with E-state index < -0.39 is 12.1 Å². The number of hydrogen-bond acceptors (Lipinski definition) is 5. The first-order valence-electron chi connectivity index (χ1n) is 11.3. The number of para-hydroxylation sites is 1. The Morgan fingerprint density at radius 1 is 1.06 bits per heavy atom. The van der Waals surface area contributed by atoms with Gasteiger partial charge >= 0.3 is 5.97 Å². The quantitative estimate of drug-likeness (QED) is 0.621. The maximum Gasteiger partial charge on any atom is 0.308 e. The summed E-state index contributed by atoms with van der Waals surface area (Å²) in [5.74, 6) is 1.63. The van der Waals surface area contributed by atoms with Gasteiger partial charge in [-0.3, -0.25) is 14.4 Å². The van der Waals surface area contributed by atoms with Crippen LogP contribution in [0.25, 0.3) is 0 Å². The molecular formula is C24H32N2O5. The summed E-state index contributed by atoms with van der Waals surface area (Å²) >= 11 is 0. The van der Waals surface area contributed by atoms with E-state index in [4.69, 9.17) is 9.47 Å². The lowest BCUT2D eigenvalue weighted by Crippen LogP contribution is -2.61. The Kier molecular flexibility index (Phi) is 6.21. The zero-order chi connectivity index (χ0) is 22.0. The molecule has 4 aliphatic carbocycles. The lowest BCUT2D eigenvalue weighted by atomic mass is 9.53. The number of methoxy groups -OCH3 is 1. The Balaban J connectivity index is 1.21. The number of carbonyl (C=O) groups is 3. The molecule has 0 radical (unpaired) electrons. The van der Waals surface area contributed by atoms with Gasteiger partial charge in [0.25, 0.3) is 11.8 Å². The number of amides is 2. The minimum atomic E-state index is -0.842. The largest absolute Gasteiger partial charge is 0.496 e. The molecule has 4 aliphatic rings. The number of carbonyl (C=O) groups excluding carboxylic acids is 3. The summed E-state index contributed by atoms with van der Waals surface area (Å²) in [6, 6.07) is 6.88. The van der Waals surface area contributed by atoms with Crippen molar-refractivity contribution in [2.45, 2.75) is 63.5 Å². The van der Waals surface area contributed by atoms with Gasteiger partial charge in [0.2, 0.25) is 0 Å². The van der Waals surface area contributed by atoms with Crippen molar-refractivity contribution in [2.75, 3.05) is 13.7 Å². The summed E-state index contributed by atoms with van der Waals surface area (Å²) in [5.41, 5.74) is 0.302. The molecule has 0 aliphatic heterocycles. The third-order valence-electron chi connectivity index (χ3n) is 7.07. The monoisotopic (exact) mass is 428 g/mol. The van der Waals surface area contributed by atoms with Gasteiger partial charge in [0.05, 0.1) is 19.1 Å². The fourth-order valence-electron chi connectivity index (χ4n) is 6.14. The molecule has 5 rings (SSSR count). The van der Waals surface area contributed by atoms with Gasteiger partial charge in [-0.05, 0) is 75.3 Å². The van der Waals surface area contributed by atoms with Crippen LogP contribution in [0.5, 0.6) is 5.75 Å². The Bertz CT molecular complexity index is 817. The molecule has 4 fully saturated rings. The first kappa shape index (κ1) is 21.7. The molecule has 1 aromatic carbocycles. The summed E-state index contributed by atoms with van der Waals surface area (Å²) in [5, 5.41) is 5.93. The maximum absolute atomic E-state index is 12.7. The van der Waals surface area contributed by atoms with Crippen LogP contribution >= 0.6 is 0 Å². The van der Waals surface area contributed by atoms with Gasteiger partial charge in [-0.15, -0.1) is 0 Å². The van der Waals surface area contributed by atoms with Gasteiger partial charge in [-0.2, -0.15) is 0 Å². The third-order valence-corrected chi connectivity index (χ3v) is 7.07. The van der Waals surface area contributed by atoms with E-state index in [9.17, 15) is 14.4 Å². The second kappa shape index (κ2) is 8.89. The average molecular weight is 429 g/mol. The van der Waals surface area contributed by atoms with E-state index in [-0.39, 0.29) is 30.3 Å². The number of rotatable bonds is 8. The molecule has 7 heteroatoms. The molecule has 0 heterocycles. The fraction of sp³-hybridized carbons (Fsp3) is 0.625. The van der Waals surface area contributed by atoms with Gasteiger partial charge in [-0.25, -0.2) is 0 Å². The molecule has 2 N–H and O–H groups in total. The van der Waals surface area contributed by atoms with Crippen LogP contribution in [0.3, 0.4) is 0 Å². The predicted molar refractivity (Wildman–Crippen MR) is 115 cm³/mol. The van der Waals surface area contributed by atoms with E-state index in [0.717, 1.165) is 37.0 Å². The van der Waals surface area contributed by atoms with Gasteiger partial charge in [0.1, 0.15) is 5.75 Å². The number of hydrogen-bond donors (Lipinski definition) is 2. The van der Waals surface area contributed by atoms with Crippen LogP contribution in [0.2, 0.25) is 0 Å². The zero-order valence-electron chi connectivity index (χ0n) is 18.3. The van der Waals surface area contributed by atoms with Gasteiger partial charge in [-0.1, -0.05) is 12.1 Å². The molecule has 2 amide bonds. The second-order valence-corrected chi connectivity index (χ2v) is 9.53. The highest BCUT2D eigenvalue weighted by molar-refractivity contribution is 5.97. The van der Waals surface area contributed by atoms with E-state index in [0.29, 0.717) is 11.3 Å². The standard InChI is InChI=1S/C24H32N2O5/c1-15(22(28)26-24-12-16-9-17(13-24)11-18(10-16)14-24)31-21(27)7-8-25-23(29)19-5-3-4-6-20(19)30-2/h3-6,15-18H,7-14H2,1-2H3,(H,25,29)(H,26,28)/t15-,16?,17?,18?,24?/m0/s1. The van der Waals surface area contributed by atoms with Crippen LogP contribution in [-0.4, -0.2) is 43.1 Å². The van der Waals surface area contributed by atoms with Crippen LogP contribution in [0, 0.1) is 17.8 Å². The van der Waals surface area contributed by atoms with Crippen LogP contribution in [0.1, 0.15) is 62.2 Å². The number of esters is 1. The molecule has 1 atom stereocenters. The first-order chi connectivity index (χ1) is 14.9. The van der Waals surface area contributed by atoms with Crippen LogP contribution in [-0.2, 0) is 14.3 Å². The fourth-order valence-corrected chi connectivity index (χ4v) is 6.14. The molecule has 0 unspecified atom stereocenters. The SMILES string of the molecule is COc1ccccc1C(=O)NCCC(=O)O[C@@H](C)C(=O)NC12CC3CC(CC(C3)C1)C2. The van der Waals surface area contributed by atoms with Crippen LogP contribution < -0.4 is 15.4 Å². The van der Waals surface area contributed by atoms with Crippen molar-refractivity contribution in [2.24, 2.45) is 17.8 Å². The molecule has 0 aromatic heterocycles. The highest BCUT2D eigenvalue weighted by Gasteiger charge is 2.51. The summed E-state index contributed by atoms with van der Waals surface area (Å²) in [4.78, 5) is 37.2. The van der Waals surface area contributed by atoms with Crippen molar-refractivity contribution >= 4 is 17.8 Å². The molecule has 1 aromatic rings. The van der Waals surface area contributed by atoms with Crippen molar-refractivity contribution in [1.82, 2.24) is 10.6 Å². The van der Waals surface area contributed by atoms with Crippen molar-refractivity contribution in [1.29, 1.82) is 0 Å². The lowest BCUT2D eigenvalue weighted by molar-refractivity contribution is -0.156. The minimum Gasteiger partial charge on any atom is -0.496 e. The topological polar surface area (TPSA) is 93.7 Å². The van der Waals surface area contributed by atoms with E-state index in [2.05, 4.69) is 10.6 Å². The zero-order valence-corrected chi connectivity index (χ0v) is 18.3. The van der Waals surface area contributed by atoms with Crippen molar-refractivity contribution < 1.29 is 23.9 Å². The summed E-state index contributed by atoms with van der Waals surface area (Å²) in [7, 11) is 1.50. The van der Waals surface area contributed by atoms with E-state index in [1.54, 1.807) is 31.2 Å². The van der Waals surface area contributed by atoms with Crippen LogP contribution in [0.4, 0.5) is 0 Å². The Morgan fingerprint density at radius 2 is 1.68 bits per heavy atom. The predicted octanol–water partition coefficient (Wildman–Crippen LogP) is 2.83. The number of benzene rings is 1. The van der Waals surface area contributed by atoms with E-state index >= 15 is 0 Å². The second-order valence-electron chi connectivity index (χ2n) is 9.53. The molecule has 0 spiro atoms. The average Bonchev–Trinajstić information content (AvgIpc) is 2.72. The summed E-state index contributed by atoms with van der Waals surface area (Å²) in [6.45, 7) is 1.74. The molecule has 168 valence electrons. The third kappa shape index (κ3) is 4.86. The van der Waals surface area contributed by atoms with E-state index in [1.165, 1.54) is 26.4 Å². The maximum atomic E-state index is 12.7. The first-order valence-corrected chi connectivity index (χ1v) is 11.3. The molecular weight excluding hydrogens is 396 g/mol. The Labute approximate surface area is 183 Å². The van der Waals surface area contributed by atoms with Gasteiger partial charge in [0, 0.05) is 12.1 Å². The number of ether oxygens (including phenoxy) is 2. The molecule has 31 heavy (non-hydrogen) atoms. The van der Waals surface area contributed by atoms with Crippen LogP contribution in [0.15, 0.2) is 24.3 Å². The lowest BCUT2D eigenvalue weighted by Gasteiger charge is -2.57. The highest BCUT2D eigenvalue weighted by Crippen LogP contribution is 2.55. The van der Waals surface area contributed by atoms with Gasteiger partial charge < -0.3 is 20.1 Å². The summed E-state index contributed by atoms with van der Waals surface area (Å²) < 4.78 is 10.5. The highest BCUT2D eigenvalue weighted by atomic mass is 16.5. The molecule has 4 bridgehead atoms. The van der Waals surface area contributed by atoms with Gasteiger partial charge in [0.15, 0.2) is 6.10 Å². The summed E-state index contributed by atoms with van der Waals surface area (Å²) in [6.07, 6.45) is 6.24. The molecule has 0 saturated heterocycles. The normalized spacial score (nSPS) is 29.2. The molecule has 4 saturated carbocycles. The van der Waals surface area contributed by atoms with Crippen molar-refractivity contribution in [3.8, 4) is 5.75 Å². The Hall–Kier alpha value is -2.57. The molecule has 7 nitrogen and oxygen atoms in total. The Morgan fingerprint density at radius 3 is 2.29 bits per heavy atom. The smallest absolute Gasteiger partial charge is 0.308 e. The number of nitrogens with one attached hydrogen (secondary N) is 2. The minimum absolute atomic E-state index is 0.00409. The van der Waals surface area contributed by atoms with E-state index in [1.807, 2.05) is 0 Å².